The Morgan fingerprint density at radius 2 is 2.27 bits per heavy atom. The summed E-state index contributed by atoms with van der Waals surface area (Å²) in [6, 6.07) is 2.16. The smallest absolute Gasteiger partial charge is 0.0655 e. The highest BCUT2D eigenvalue weighted by atomic mass is 15.3. The molecule has 0 radical (unpaired) electrons. The monoisotopic (exact) mass is 152 g/mol. The van der Waals surface area contributed by atoms with Crippen molar-refractivity contribution >= 4 is 0 Å². The Morgan fingerprint density at radius 1 is 1.64 bits per heavy atom. The Hall–Kier alpha value is -0.790. The summed E-state index contributed by atoms with van der Waals surface area (Å²) in [4.78, 5) is 0. The lowest BCUT2D eigenvalue weighted by molar-refractivity contribution is 0.659. The molecule has 11 heavy (non-hydrogen) atoms. The Bertz CT molecular complexity index is 218. The van der Waals surface area contributed by atoms with Crippen LogP contribution in [-0.4, -0.2) is 9.78 Å². The molecule has 0 N–H and O–H groups in total. The van der Waals surface area contributed by atoms with Gasteiger partial charge in [-0.1, -0.05) is 13.8 Å². The number of hydrogen-bond donors (Lipinski definition) is 0. The fraction of sp³-hybridized carbons (Fsp3) is 0.667. The lowest BCUT2D eigenvalue weighted by Gasteiger charge is -2.01. The number of nitrogens with zero attached hydrogens (tertiary/aromatic N) is 2. The standard InChI is InChI=1S/C9H16N2/c1-5-7(2)9-6-8(3)11(4)10-9/h6-7H,5H2,1-4H3. The van der Waals surface area contributed by atoms with E-state index in [1.807, 2.05) is 11.7 Å². The summed E-state index contributed by atoms with van der Waals surface area (Å²) in [5.74, 6) is 0.592. The molecule has 0 aliphatic heterocycles. The Labute approximate surface area is 68.2 Å². The van der Waals surface area contributed by atoms with Gasteiger partial charge in [-0.2, -0.15) is 5.10 Å². The van der Waals surface area contributed by atoms with E-state index in [1.54, 1.807) is 0 Å². The minimum Gasteiger partial charge on any atom is -0.273 e. The topological polar surface area (TPSA) is 17.8 Å². The van der Waals surface area contributed by atoms with Crippen molar-refractivity contribution in [2.45, 2.75) is 33.1 Å². The predicted octanol–water partition coefficient (Wildman–Crippen LogP) is 2.24. The van der Waals surface area contributed by atoms with Crippen molar-refractivity contribution in [3.63, 3.8) is 0 Å². The van der Waals surface area contributed by atoms with Crippen molar-refractivity contribution < 1.29 is 0 Å². The molecular formula is C9H16N2. The van der Waals surface area contributed by atoms with Crippen LogP contribution in [0, 0.1) is 6.92 Å². The maximum absolute atomic E-state index is 4.40. The first-order chi connectivity index (χ1) is 5.15. The third kappa shape index (κ3) is 1.62. The number of aromatic nitrogens is 2. The Balaban J connectivity index is 2.88. The first kappa shape index (κ1) is 8.31. The van der Waals surface area contributed by atoms with Gasteiger partial charge < -0.3 is 0 Å². The fourth-order valence-electron chi connectivity index (χ4n) is 1.04. The molecular weight excluding hydrogens is 136 g/mol. The molecule has 0 fully saturated rings. The third-order valence-electron chi connectivity index (χ3n) is 2.25. The van der Waals surface area contributed by atoms with E-state index >= 15 is 0 Å². The SMILES string of the molecule is CCC(C)c1cc(C)n(C)n1. The van der Waals surface area contributed by atoms with E-state index in [1.165, 1.54) is 11.4 Å². The van der Waals surface area contributed by atoms with Gasteiger partial charge in [0.15, 0.2) is 0 Å². The number of aryl methyl sites for hydroxylation is 2. The van der Waals surface area contributed by atoms with Crippen molar-refractivity contribution in [1.82, 2.24) is 9.78 Å². The summed E-state index contributed by atoms with van der Waals surface area (Å²) in [6.07, 6.45) is 1.16. The maximum atomic E-state index is 4.40. The van der Waals surface area contributed by atoms with Crippen LogP contribution in [-0.2, 0) is 7.05 Å². The van der Waals surface area contributed by atoms with Crippen LogP contribution in [0.3, 0.4) is 0 Å². The molecule has 0 aliphatic rings. The van der Waals surface area contributed by atoms with Gasteiger partial charge in [0.25, 0.3) is 0 Å². The lowest BCUT2D eigenvalue weighted by atomic mass is 10.1. The van der Waals surface area contributed by atoms with Crippen molar-refractivity contribution in [2.24, 2.45) is 7.05 Å². The van der Waals surface area contributed by atoms with Gasteiger partial charge in [-0.3, -0.25) is 4.68 Å². The van der Waals surface area contributed by atoms with E-state index in [2.05, 4.69) is 31.9 Å². The van der Waals surface area contributed by atoms with Crippen molar-refractivity contribution in [3.8, 4) is 0 Å². The van der Waals surface area contributed by atoms with E-state index < -0.39 is 0 Å². The molecule has 2 heteroatoms. The number of hydrogen-bond acceptors (Lipinski definition) is 1. The van der Waals surface area contributed by atoms with Gasteiger partial charge in [0, 0.05) is 12.7 Å². The molecule has 0 amide bonds. The second-order valence-electron chi connectivity index (χ2n) is 3.14. The zero-order valence-electron chi connectivity index (χ0n) is 7.76. The third-order valence-corrected chi connectivity index (χ3v) is 2.25. The molecule has 1 atom stereocenters. The molecule has 62 valence electrons. The molecule has 1 aromatic rings. The minimum atomic E-state index is 0.592. The normalized spacial score (nSPS) is 13.5. The molecule has 2 nitrogen and oxygen atoms in total. The van der Waals surface area contributed by atoms with Gasteiger partial charge in [-0.25, -0.2) is 0 Å². The van der Waals surface area contributed by atoms with Gasteiger partial charge in [0.05, 0.1) is 5.69 Å². The van der Waals surface area contributed by atoms with Crippen LogP contribution in [0.4, 0.5) is 0 Å². The summed E-state index contributed by atoms with van der Waals surface area (Å²) < 4.78 is 1.93. The quantitative estimate of drug-likeness (QED) is 0.635. The molecule has 0 spiro atoms. The summed E-state index contributed by atoms with van der Waals surface area (Å²) in [7, 11) is 1.99. The molecule has 0 saturated heterocycles. The zero-order valence-corrected chi connectivity index (χ0v) is 7.76. The first-order valence-corrected chi connectivity index (χ1v) is 4.15. The highest BCUT2D eigenvalue weighted by Crippen LogP contribution is 2.16. The van der Waals surface area contributed by atoms with E-state index in [0.717, 1.165) is 6.42 Å². The van der Waals surface area contributed by atoms with Gasteiger partial charge in [-0.05, 0) is 25.3 Å². The second-order valence-corrected chi connectivity index (χ2v) is 3.14. The minimum absolute atomic E-state index is 0.592. The van der Waals surface area contributed by atoms with Gasteiger partial charge in [0.1, 0.15) is 0 Å². The zero-order chi connectivity index (χ0) is 8.43. The average molecular weight is 152 g/mol. The molecule has 0 aliphatic carbocycles. The van der Waals surface area contributed by atoms with Crippen LogP contribution < -0.4 is 0 Å². The van der Waals surface area contributed by atoms with Crippen LogP contribution >= 0.6 is 0 Å². The van der Waals surface area contributed by atoms with Crippen LogP contribution in [0.15, 0.2) is 6.07 Å². The Kier molecular flexibility index (Phi) is 2.32. The molecule has 1 unspecified atom stereocenters. The van der Waals surface area contributed by atoms with Crippen molar-refractivity contribution in [3.05, 3.63) is 17.5 Å². The molecule has 1 heterocycles. The summed E-state index contributed by atoms with van der Waals surface area (Å²) in [5.41, 5.74) is 2.45. The lowest BCUT2D eigenvalue weighted by Crippen LogP contribution is -1.96. The van der Waals surface area contributed by atoms with E-state index in [4.69, 9.17) is 0 Å². The van der Waals surface area contributed by atoms with Crippen molar-refractivity contribution in [2.75, 3.05) is 0 Å². The van der Waals surface area contributed by atoms with E-state index in [-0.39, 0.29) is 0 Å². The fourth-order valence-corrected chi connectivity index (χ4v) is 1.04. The van der Waals surface area contributed by atoms with E-state index in [0.29, 0.717) is 5.92 Å². The average Bonchev–Trinajstić information content (AvgIpc) is 2.31. The highest BCUT2D eigenvalue weighted by molar-refractivity contribution is 5.11. The van der Waals surface area contributed by atoms with Crippen LogP contribution in [0.25, 0.3) is 0 Å². The molecule has 1 aromatic heterocycles. The van der Waals surface area contributed by atoms with Crippen molar-refractivity contribution in [1.29, 1.82) is 0 Å². The second kappa shape index (κ2) is 3.07. The molecule has 1 rings (SSSR count). The Morgan fingerprint density at radius 3 is 2.64 bits per heavy atom. The maximum Gasteiger partial charge on any atom is 0.0655 e. The largest absolute Gasteiger partial charge is 0.273 e. The van der Waals surface area contributed by atoms with E-state index in [9.17, 15) is 0 Å². The van der Waals surface area contributed by atoms with Crippen LogP contribution in [0.2, 0.25) is 0 Å². The van der Waals surface area contributed by atoms with Crippen LogP contribution in [0.5, 0.6) is 0 Å². The summed E-state index contributed by atoms with van der Waals surface area (Å²) in [6.45, 7) is 6.48. The number of rotatable bonds is 2. The molecule has 0 aromatic carbocycles. The highest BCUT2D eigenvalue weighted by Gasteiger charge is 2.06. The molecule has 0 saturated carbocycles. The van der Waals surface area contributed by atoms with Gasteiger partial charge in [0.2, 0.25) is 0 Å². The summed E-state index contributed by atoms with van der Waals surface area (Å²) in [5, 5.41) is 4.40. The molecule has 0 bridgehead atoms. The van der Waals surface area contributed by atoms with Gasteiger partial charge >= 0.3 is 0 Å². The first-order valence-electron chi connectivity index (χ1n) is 4.15. The van der Waals surface area contributed by atoms with Crippen LogP contribution in [0.1, 0.15) is 37.6 Å². The summed E-state index contributed by atoms with van der Waals surface area (Å²) >= 11 is 0. The van der Waals surface area contributed by atoms with Gasteiger partial charge in [-0.15, -0.1) is 0 Å². The predicted molar refractivity (Wildman–Crippen MR) is 46.7 cm³/mol.